The van der Waals surface area contributed by atoms with Gasteiger partial charge in [0.1, 0.15) is 5.75 Å². The maximum absolute atomic E-state index is 13.1. The number of carbonyl (C=O) groups excluding carboxylic acids is 1. The minimum absolute atomic E-state index is 0.228. The van der Waals surface area contributed by atoms with E-state index in [1.54, 1.807) is 41.5 Å². The highest BCUT2D eigenvalue weighted by Crippen LogP contribution is 2.45. The fourth-order valence-corrected chi connectivity index (χ4v) is 4.24. The number of hydrogen-bond donors (Lipinski definition) is 0. The number of hydrogen-bond acceptors (Lipinski definition) is 8. The van der Waals surface area contributed by atoms with Crippen molar-refractivity contribution >= 4 is 23.4 Å². The summed E-state index contributed by atoms with van der Waals surface area (Å²) < 4.78 is 18.1. The van der Waals surface area contributed by atoms with Crippen molar-refractivity contribution in [1.29, 1.82) is 0 Å². The highest BCUT2D eigenvalue weighted by Gasteiger charge is 2.45. The maximum Gasteiger partial charge on any atom is 0.296 e. The molecule has 0 saturated carbocycles. The molecule has 1 aliphatic rings. The summed E-state index contributed by atoms with van der Waals surface area (Å²) in [7, 11) is 4.58. The van der Waals surface area contributed by atoms with Gasteiger partial charge in [0.25, 0.3) is 17.0 Å². The Kier molecular flexibility index (Phi) is 5.79. The Morgan fingerprint density at radius 2 is 1.75 bits per heavy atom. The molecular weight excluding hydrogens is 432 g/mol. The van der Waals surface area contributed by atoms with Crippen LogP contribution in [0.4, 0.5) is 5.69 Å². The summed E-state index contributed by atoms with van der Waals surface area (Å²) >= 11 is 1.25. The molecule has 0 spiro atoms. The summed E-state index contributed by atoms with van der Waals surface area (Å²) in [5.41, 5.74) is 2.03. The summed E-state index contributed by atoms with van der Waals surface area (Å²) in [6, 6.07) is 10.6. The minimum Gasteiger partial charge on any atom is -0.854 e. The van der Waals surface area contributed by atoms with Gasteiger partial charge in [-0.3, -0.25) is 4.79 Å². The molecule has 0 radical (unpaired) electrons. The number of aromatic nitrogens is 3. The number of rotatable bonds is 5. The van der Waals surface area contributed by atoms with Gasteiger partial charge in [-0.05, 0) is 24.5 Å². The van der Waals surface area contributed by atoms with Crippen LogP contribution in [0.2, 0.25) is 0 Å². The van der Waals surface area contributed by atoms with Gasteiger partial charge in [0.05, 0.1) is 44.0 Å². The number of ether oxygens (including phenoxy) is 3. The first-order chi connectivity index (χ1) is 15.4. The van der Waals surface area contributed by atoms with Crippen molar-refractivity contribution in [3.05, 3.63) is 42.0 Å². The van der Waals surface area contributed by atoms with Gasteiger partial charge in [0.15, 0.2) is 11.5 Å². The average Bonchev–Trinajstić information content (AvgIpc) is 2.81. The van der Waals surface area contributed by atoms with Gasteiger partial charge >= 0.3 is 0 Å². The van der Waals surface area contributed by atoms with Crippen LogP contribution in [0.25, 0.3) is 11.3 Å². The fourth-order valence-electron chi connectivity index (χ4n) is 3.90. The molecule has 1 atom stereocenters. The standard InChI is InChI=1S/C22H22N4O5S/c1-12(27)25-15-9-7-6-8-13(15)19-20(28)23-22(32-5)24-26(19)21(25)14-10-17(30-3)18(31-4)11-16(14)29-2/h6-11,21H,1-5H3. The topological polar surface area (TPSA) is 101 Å². The van der Waals surface area contributed by atoms with E-state index >= 15 is 0 Å². The van der Waals surface area contributed by atoms with E-state index in [0.717, 1.165) is 0 Å². The van der Waals surface area contributed by atoms with Crippen LogP contribution in [0.15, 0.2) is 41.6 Å². The van der Waals surface area contributed by atoms with Gasteiger partial charge in [-0.2, -0.15) is 0 Å². The largest absolute Gasteiger partial charge is 0.854 e. The van der Waals surface area contributed by atoms with Crippen molar-refractivity contribution in [1.82, 2.24) is 10.1 Å². The van der Waals surface area contributed by atoms with Crippen LogP contribution in [-0.2, 0) is 4.79 Å². The fraction of sp³-hybridized carbons (Fsp3) is 0.273. The van der Waals surface area contributed by atoms with Crippen LogP contribution in [0, 0.1) is 0 Å². The van der Waals surface area contributed by atoms with Crippen molar-refractivity contribution in [2.24, 2.45) is 0 Å². The molecule has 2 heterocycles. The molecule has 3 aromatic rings. The van der Waals surface area contributed by atoms with Gasteiger partial charge in [-0.1, -0.05) is 28.6 Å². The predicted octanol–water partition coefficient (Wildman–Crippen LogP) is 2.17. The Morgan fingerprint density at radius 1 is 1.09 bits per heavy atom. The van der Waals surface area contributed by atoms with E-state index < -0.39 is 12.0 Å². The van der Waals surface area contributed by atoms with E-state index in [1.807, 2.05) is 6.07 Å². The Bertz CT molecular complexity index is 1200. The van der Waals surface area contributed by atoms with Crippen LogP contribution in [0.5, 0.6) is 23.1 Å². The summed E-state index contributed by atoms with van der Waals surface area (Å²) in [5, 5.41) is 18.0. The Hall–Kier alpha value is -3.53. The Labute approximate surface area is 189 Å². The minimum atomic E-state index is -0.811. The lowest BCUT2D eigenvalue weighted by Gasteiger charge is -2.33. The average molecular weight is 455 g/mol. The van der Waals surface area contributed by atoms with Crippen molar-refractivity contribution in [2.45, 2.75) is 18.2 Å². The number of nitrogens with zero attached hydrogens (tertiary/aromatic N) is 4. The molecule has 0 saturated heterocycles. The first-order valence-corrected chi connectivity index (χ1v) is 10.9. The Morgan fingerprint density at radius 3 is 2.38 bits per heavy atom. The van der Waals surface area contributed by atoms with Crippen LogP contribution < -0.4 is 28.9 Å². The third kappa shape index (κ3) is 3.36. The highest BCUT2D eigenvalue weighted by atomic mass is 32.2. The molecule has 1 amide bonds. The molecule has 0 fully saturated rings. The highest BCUT2D eigenvalue weighted by molar-refractivity contribution is 7.98. The summed E-state index contributed by atoms with van der Waals surface area (Å²) in [6.07, 6.45) is 0.974. The number of methoxy groups -OCH3 is 3. The lowest BCUT2D eigenvalue weighted by Crippen LogP contribution is -2.58. The molecule has 9 nitrogen and oxygen atoms in total. The van der Waals surface area contributed by atoms with E-state index in [0.29, 0.717) is 39.2 Å². The molecule has 0 aliphatic carbocycles. The van der Waals surface area contributed by atoms with Gasteiger partial charge < -0.3 is 19.3 Å². The van der Waals surface area contributed by atoms with E-state index in [9.17, 15) is 9.90 Å². The number of amides is 1. The zero-order valence-corrected chi connectivity index (χ0v) is 19.1. The van der Waals surface area contributed by atoms with Gasteiger partial charge in [0, 0.05) is 18.1 Å². The van der Waals surface area contributed by atoms with E-state index in [1.165, 1.54) is 44.7 Å². The second-order valence-corrected chi connectivity index (χ2v) is 7.70. The molecule has 1 aromatic heterocycles. The number of fused-ring (bicyclic) bond motifs is 3. The van der Waals surface area contributed by atoms with Crippen molar-refractivity contribution in [3.8, 4) is 34.4 Å². The molecule has 10 heteroatoms. The predicted molar refractivity (Wildman–Crippen MR) is 116 cm³/mol. The molecule has 166 valence electrons. The molecule has 2 aromatic carbocycles. The third-order valence-electron chi connectivity index (χ3n) is 5.25. The van der Waals surface area contributed by atoms with E-state index in [-0.39, 0.29) is 11.6 Å². The summed E-state index contributed by atoms with van der Waals surface area (Å²) in [4.78, 5) is 18.6. The van der Waals surface area contributed by atoms with Crippen molar-refractivity contribution in [3.63, 3.8) is 0 Å². The van der Waals surface area contributed by atoms with Gasteiger partial charge in [0.2, 0.25) is 5.91 Å². The van der Waals surface area contributed by atoms with Gasteiger partial charge in [-0.15, -0.1) is 0 Å². The van der Waals surface area contributed by atoms with E-state index in [2.05, 4.69) is 10.1 Å². The molecule has 0 N–H and O–H groups in total. The first kappa shape index (κ1) is 21.7. The molecule has 32 heavy (non-hydrogen) atoms. The first-order valence-electron chi connectivity index (χ1n) is 9.69. The van der Waals surface area contributed by atoms with Crippen LogP contribution in [-0.4, -0.2) is 43.6 Å². The number of para-hydroxylation sites is 1. The monoisotopic (exact) mass is 454 g/mol. The van der Waals surface area contributed by atoms with Crippen molar-refractivity contribution in [2.75, 3.05) is 32.5 Å². The maximum atomic E-state index is 13.1. The SMILES string of the molecule is COc1cc(OC)c(C2N(C(C)=O)c3ccccc3-c3c([O-])nc(SC)n[n+]32)cc1OC. The second-order valence-electron chi connectivity index (χ2n) is 6.93. The number of thioether (sulfide) groups is 1. The number of anilines is 1. The van der Waals surface area contributed by atoms with Gasteiger partial charge in [-0.25, -0.2) is 9.88 Å². The third-order valence-corrected chi connectivity index (χ3v) is 5.79. The Balaban J connectivity index is 2.11. The lowest BCUT2D eigenvalue weighted by molar-refractivity contribution is -0.764. The molecular formula is C22H22N4O5S. The zero-order chi connectivity index (χ0) is 23.0. The molecule has 1 unspecified atom stereocenters. The smallest absolute Gasteiger partial charge is 0.296 e. The lowest BCUT2D eigenvalue weighted by atomic mass is 10.0. The second kappa shape index (κ2) is 8.54. The normalized spacial score (nSPS) is 14.4. The molecule has 1 aliphatic heterocycles. The summed E-state index contributed by atoms with van der Waals surface area (Å²) in [6.45, 7) is 1.47. The summed E-state index contributed by atoms with van der Waals surface area (Å²) in [5.74, 6) is 0.724. The van der Waals surface area contributed by atoms with Crippen molar-refractivity contribution < 1.29 is 28.8 Å². The number of benzene rings is 2. The quantitative estimate of drug-likeness (QED) is 0.427. The number of carbonyl (C=O) groups is 1. The molecule has 4 rings (SSSR count). The van der Waals surface area contributed by atoms with Crippen LogP contribution in [0.3, 0.4) is 0 Å². The van der Waals surface area contributed by atoms with E-state index in [4.69, 9.17) is 14.2 Å². The zero-order valence-electron chi connectivity index (χ0n) is 18.3. The molecule has 0 bridgehead atoms. The van der Waals surface area contributed by atoms with Crippen LogP contribution >= 0.6 is 11.8 Å². The van der Waals surface area contributed by atoms with Crippen LogP contribution in [0.1, 0.15) is 18.7 Å².